The number of carbonyl (C=O) groups excluding carboxylic acids is 1. The van der Waals surface area contributed by atoms with Crippen LogP contribution in [0.25, 0.3) is 0 Å². The summed E-state index contributed by atoms with van der Waals surface area (Å²) in [5.74, 6) is -1.50. The van der Waals surface area contributed by atoms with Crippen molar-refractivity contribution < 1.29 is 17.9 Å². The van der Waals surface area contributed by atoms with Crippen LogP contribution in [-0.2, 0) is 19.6 Å². The van der Waals surface area contributed by atoms with Gasteiger partial charge in [0.05, 0.1) is 13.2 Å². The molecule has 1 aromatic rings. The number of hydrogen-bond donors (Lipinski definition) is 1. The molecule has 8 heteroatoms. The molecular weight excluding hydrogens is 426 g/mol. The number of sulfonamides is 1. The minimum atomic E-state index is -3.78. The zero-order chi connectivity index (χ0) is 16.0. The molecule has 0 spiro atoms. The molecule has 0 aromatic heterocycles. The molecule has 1 N–H and O–H groups in total. The van der Waals surface area contributed by atoms with Crippen LogP contribution < -0.4 is 4.72 Å². The second-order valence-electron chi connectivity index (χ2n) is 4.51. The van der Waals surface area contributed by atoms with Gasteiger partial charge in [-0.1, -0.05) is 61.7 Å². The van der Waals surface area contributed by atoms with Gasteiger partial charge in [-0.05, 0) is 12.5 Å². The molecule has 2 atom stereocenters. The van der Waals surface area contributed by atoms with E-state index in [1.54, 1.807) is 0 Å². The predicted molar refractivity (Wildman–Crippen MR) is 89.4 cm³/mol. The molecule has 0 aliphatic heterocycles. The van der Waals surface area contributed by atoms with E-state index in [9.17, 15) is 13.2 Å². The maximum Gasteiger partial charge on any atom is 0.322 e. The number of aryl methyl sites for hydroxylation is 1. The molecular formula is C13H17Br2NO4S. The number of hydrogen-bond acceptors (Lipinski definition) is 4. The molecule has 0 saturated carbocycles. The van der Waals surface area contributed by atoms with Crippen molar-refractivity contribution in [1.82, 2.24) is 4.72 Å². The third-order valence-corrected chi connectivity index (χ3v) is 6.44. The summed E-state index contributed by atoms with van der Waals surface area (Å²) >= 11 is 6.77. The smallest absolute Gasteiger partial charge is 0.322 e. The number of methoxy groups -OCH3 is 1. The van der Waals surface area contributed by atoms with E-state index in [2.05, 4.69) is 41.3 Å². The second-order valence-corrected chi connectivity index (χ2v) is 8.09. The highest BCUT2D eigenvalue weighted by Gasteiger charge is 2.27. The standard InChI is InChI=1S/C13H17Br2NO4S/c1-9-3-5-10(6-4-9)13(11(15)7-14)16-21(18,19)8-12(17)20-2/h3-6,11,13,16H,7-8H2,1-2H3. The van der Waals surface area contributed by atoms with Crippen molar-refractivity contribution in [3.63, 3.8) is 0 Å². The Balaban J connectivity index is 2.99. The topological polar surface area (TPSA) is 72.5 Å². The van der Waals surface area contributed by atoms with E-state index in [4.69, 9.17) is 0 Å². The fourth-order valence-corrected chi connectivity index (χ4v) is 3.85. The first-order chi connectivity index (χ1) is 9.79. The Kier molecular flexibility index (Phi) is 7.32. The quantitative estimate of drug-likeness (QED) is 0.519. The zero-order valence-corrected chi connectivity index (χ0v) is 15.7. The van der Waals surface area contributed by atoms with Crippen LogP contribution in [0.15, 0.2) is 24.3 Å². The lowest BCUT2D eigenvalue weighted by molar-refractivity contribution is -0.137. The van der Waals surface area contributed by atoms with E-state index in [0.29, 0.717) is 5.33 Å². The van der Waals surface area contributed by atoms with Gasteiger partial charge in [0.15, 0.2) is 5.75 Å². The first-order valence-corrected chi connectivity index (χ1v) is 9.81. The molecule has 0 heterocycles. The Labute approximate surface area is 141 Å². The average Bonchev–Trinajstić information content (AvgIpc) is 2.44. The van der Waals surface area contributed by atoms with Crippen molar-refractivity contribution in [2.24, 2.45) is 0 Å². The normalized spacial score (nSPS) is 14.5. The monoisotopic (exact) mass is 441 g/mol. The number of nitrogens with one attached hydrogen (secondary N) is 1. The number of rotatable bonds is 7. The largest absolute Gasteiger partial charge is 0.468 e. The van der Waals surface area contributed by atoms with Crippen molar-refractivity contribution in [1.29, 1.82) is 0 Å². The van der Waals surface area contributed by atoms with Gasteiger partial charge in [0.2, 0.25) is 10.0 Å². The lowest BCUT2D eigenvalue weighted by Crippen LogP contribution is -2.38. The first kappa shape index (κ1) is 18.6. The Bertz CT molecular complexity index is 574. The van der Waals surface area contributed by atoms with Crippen LogP contribution in [0, 0.1) is 6.92 Å². The van der Waals surface area contributed by atoms with Crippen LogP contribution in [-0.4, -0.2) is 37.4 Å². The molecule has 5 nitrogen and oxygen atoms in total. The molecule has 0 fully saturated rings. The van der Waals surface area contributed by atoms with Crippen molar-refractivity contribution >= 4 is 47.9 Å². The Morgan fingerprint density at radius 3 is 2.38 bits per heavy atom. The van der Waals surface area contributed by atoms with Gasteiger partial charge in [0.25, 0.3) is 0 Å². The number of carbonyl (C=O) groups is 1. The number of ether oxygens (including phenoxy) is 1. The summed E-state index contributed by atoms with van der Waals surface area (Å²) in [7, 11) is -2.63. The average molecular weight is 443 g/mol. The van der Waals surface area contributed by atoms with Crippen molar-refractivity contribution in [2.45, 2.75) is 17.8 Å². The molecule has 0 radical (unpaired) electrons. The summed E-state index contributed by atoms with van der Waals surface area (Å²) in [5, 5.41) is 0.548. The van der Waals surface area contributed by atoms with Gasteiger partial charge >= 0.3 is 5.97 Å². The highest BCUT2D eigenvalue weighted by molar-refractivity contribution is 9.12. The molecule has 118 valence electrons. The molecule has 0 aliphatic rings. The van der Waals surface area contributed by atoms with Gasteiger partial charge in [-0.15, -0.1) is 0 Å². The van der Waals surface area contributed by atoms with Crippen LogP contribution in [0.2, 0.25) is 0 Å². The Morgan fingerprint density at radius 1 is 1.33 bits per heavy atom. The van der Waals surface area contributed by atoms with Gasteiger partial charge in [-0.3, -0.25) is 4.79 Å². The van der Waals surface area contributed by atoms with E-state index >= 15 is 0 Å². The van der Waals surface area contributed by atoms with E-state index in [1.807, 2.05) is 31.2 Å². The van der Waals surface area contributed by atoms with E-state index < -0.39 is 27.8 Å². The zero-order valence-electron chi connectivity index (χ0n) is 11.7. The van der Waals surface area contributed by atoms with Crippen LogP contribution >= 0.6 is 31.9 Å². The van der Waals surface area contributed by atoms with Gasteiger partial charge < -0.3 is 4.74 Å². The molecule has 0 aliphatic carbocycles. The number of halogens is 2. The molecule has 2 unspecified atom stereocenters. The summed E-state index contributed by atoms with van der Waals surface area (Å²) in [4.78, 5) is 11.0. The first-order valence-electron chi connectivity index (χ1n) is 6.12. The maximum atomic E-state index is 12.0. The summed E-state index contributed by atoms with van der Waals surface area (Å²) in [5.41, 5.74) is 1.90. The predicted octanol–water partition coefficient (Wildman–Crippen LogP) is 2.29. The summed E-state index contributed by atoms with van der Waals surface area (Å²) in [6.07, 6.45) is 0. The van der Waals surface area contributed by atoms with E-state index in [-0.39, 0.29) is 4.83 Å². The van der Waals surface area contributed by atoms with Crippen LogP contribution in [0.3, 0.4) is 0 Å². The van der Waals surface area contributed by atoms with Crippen molar-refractivity contribution in [3.05, 3.63) is 35.4 Å². The van der Waals surface area contributed by atoms with Crippen molar-refractivity contribution in [2.75, 3.05) is 18.2 Å². The minimum Gasteiger partial charge on any atom is -0.468 e. The Morgan fingerprint density at radius 2 is 1.90 bits per heavy atom. The third kappa shape index (κ3) is 6.06. The van der Waals surface area contributed by atoms with E-state index in [0.717, 1.165) is 18.2 Å². The maximum absolute atomic E-state index is 12.0. The fraction of sp³-hybridized carbons (Fsp3) is 0.462. The van der Waals surface area contributed by atoms with Crippen LogP contribution in [0.1, 0.15) is 17.2 Å². The highest BCUT2D eigenvalue weighted by Crippen LogP contribution is 2.25. The minimum absolute atomic E-state index is 0.160. The summed E-state index contributed by atoms with van der Waals surface area (Å²) in [6.45, 7) is 1.95. The lowest BCUT2D eigenvalue weighted by atomic mass is 10.0. The molecule has 1 rings (SSSR count). The molecule has 0 amide bonds. The molecule has 0 bridgehead atoms. The SMILES string of the molecule is COC(=O)CS(=O)(=O)NC(c1ccc(C)cc1)C(Br)CBr. The van der Waals surface area contributed by atoms with Gasteiger partial charge in [0, 0.05) is 10.2 Å². The number of benzene rings is 1. The van der Waals surface area contributed by atoms with Crippen LogP contribution in [0.5, 0.6) is 0 Å². The molecule has 21 heavy (non-hydrogen) atoms. The lowest BCUT2D eigenvalue weighted by Gasteiger charge is -2.23. The van der Waals surface area contributed by atoms with Gasteiger partial charge in [-0.2, -0.15) is 0 Å². The van der Waals surface area contributed by atoms with Crippen molar-refractivity contribution in [3.8, 4) is 0 Å². The summed E-state index contributed by atoms with van der Waals surface area (Å²) in [6, 6.07) is 7.05. The number of esters is 1. The highest BCUT2D eigenvalue weighted by atomic mass is 79.9. The molecule has 0 saturated heterocycles. The fourth-order valence-electron chi connectivity index (χ4n) is 1.66. The van der Waals surface area contributed by atoms with Crippen LogP contribution in [0.4, 0.5) is 0 Å². The summed E-state index contributed by atoms with van der Waals surface area (Å²) < 4.78 is 31.0. The molecule has 1 aromatic carbocycles. The van der Waals surface area contributed by atoms with E-state index in [1.165, 1.54) is 0 Å². The second kappa shape index (κ2) is 8.26. The Hall–Kier alpha value is -0.440. The van der Waals surface area contributed by atoms with Gasteiger partial charge in [0.1, 0.15) is 0 Å². The van der Waals surface area contributed by atoms with Gasteiger partial charge in [-0.25, -0.2) is 13.1 Å². The third-order valence-electron chi connectivity index (χ3n) is 2.79. The number of alkyl halides is 2.